The molecule has 2 aliphatic rings. The molecule has 1 heterocycles. The Morgan fingerprint density at radius 3 is 2.28 bits per heavy atom. The molecule has 5 heteroatoms. The molecule has 0 aromatic heterocycles. The minimum Gasteiger partial charge on any atom is -0.494 e. The fourth-order valence-electron chi connectivity index (χ4n) is 3.55. The van der Waals surface area contributed by atoms with Gasteiger partial charge in [-0.25, -0.2) is 0 Å². The SMILES string of the molecule is CCCOc1ccc(C2=C(Cl)C(=O)N(C3CCCCCC3)C2=O)cc1. The van der Waals surface area contributed by atoms with Crippen molar-refractivity contribution in [3.63, 3.8) is 0 Å². The normalized spacial score (nSPS) is 19.5. The lowest BCUT2D eigenvalue weighted by atomic mass is 10.0. The second-order valence-electron chi connectivity index (χ2n) is 6.69. The second-order valence-corrected chi connectivity index (χ2v) is 7.07. The van der Waals surface area contributed by atoms with E-state index < -0.39 is 0 Å². The number of benzene rings is 1. The number of carbonyl (C=O) groups is 2. The molecule has 1 aliphatic carbocycles. The van der Waals surface area contributed by atoms with Crippen molar-refractivity contribution >= 4 is 29.0 Å². The maximum Gasteiger partial charge on any atom is 0.273 e. The topological polar surface area (TPSA) is 46.6 Å². The van der Waals surface area contributed by atoms with E-state index in [1.54, 1.807) is 12.1 Å². The van der Waals surface area contributed by atoms with E-state index in [9.17, 15) is 9.59 Å². The Morgan fingerprint density at radius 1 is 1.04 bits per heavy atom. The molecule has 134 valence electrons. The molecule has 25 heavy (non-hydrogen) atoms. The smallest absolute Gasteiger partial charge is 0.273 e. The average Bonchev–Trinajstić information content (AvgIpc) is 2.82. The van der Waals surface area contributed by atoms with Gasteiger partial charge < -0.3 is 4.74 Å². The molecule has 1 fully saturated rings. The number of halogens is 1. The van der Waals surface area contributed by atoms with E-state index in [1.807, 2.05) is 19.1 Å². The summed E-state index contributed by atoms with van der Waals surface area (Å²) in [4.78, 5) is 26.9. The summed E-state index contributed by atoms with van der Waals surface area (Å²) >= 11 is 6.27. The number of hydrogen-bond acceptors (Lipinski definition) is 3. The molecule has 2 amide bonds. The minimum atomic E-state index is -0.347. The summed E-state index contributed by atoms with van der Waals surface area (Å²) in [6, 6.07) is 7.19. The van der Waals surface area contributed by atoms with E-state index in [-0.39, 0.29) is 22.9 Å². The highest BCUT2D eigenvalue weighted by molar-refractivity contribution is 6.55. The summed E-state index contributed by atoms with van der Waals surface area (Å²) in [5, 5.41) is 0.0384. The molecule has 1 aromatic carbocycles. The summed E-state index contributed by atoms with van der Waals surface area (Å²) in [6.07, 6.45) is 7.12. The van der Waals surface area contributed by atoms with E-state index in [1.165, 1.54) is 17.7 Å². The van der Waals surface area contributed by atoms with Crippen LogP contribution in [0.1, 0.15) is 57.4 Å². The highest BCUT2D eigenvalue weighted by Crippen LogP contribution is 2.36. The molecular weight excluding hydrogens is 338 g/mol. The molecule has 0 radical (unpaired) electrons. The van der Waals surface area contributed by atoms with Crippen LogP contribution in [0.2, 0.25) is 0 Å². The van der Waals surface area contributed by atoms with E-state index >= 15 is 0 Å². The van der Waals surface area contributed by atoms with Crippen molar-refractivity contribution in [1.29, 1.82) is 0 Å². The predicted octanol–water partition coefficient (Wildman–Crippen LogP) is 4.52. The molecule has 0 unspecified atom stereocenters. The molecule has 3 rings (SSSR count). The first-order chi connectivity index (χ1) is 12.1. The lowest BCUT2D eigenvalue weighted by molar-refractivity contribution is -0.139. The first kappa shape index (κ1) is 18.0. The largest absolute Gasteiger partial charge is 0.494 e. The number of nitrogens with zero attached hydrogens (tertiary/aromatic N) is 1. The van der Waals surface area contributed by atoms with Crippen LogP contribution < -0.4 is 4.74 Å². The van der Waals surface area contributed by atoms with Crippen LogP contribution in [0.4, 0.5) is 0 Å². The van der Waals surface area contributed by atoms with Gasteiger partial charge in [0.05, 0.1) is 12.2 Å². The van der Waals surface area contributed by atoms with Crippen molar-refractivity contribution in [2.75, 3.05) is 6.61 Å². The van der Waals surface area contributed by atoms with Crippen LogP contribution in [-0.4, -0.2) is 29.4 Å². The third-order valence-corrected chi connectivity index (χ3v) is 5.22. The van der Waals surface area contributed by atoms with Crippen LogP contribution in [0.15, 0.2) is 29.3 Å². The van der Waals surface area contributed by atoms with Gasteiger partial charge in [-0.1, -0.05) is 56.3 Å². The maximum absolute atomic E-state index is 12.9. The van der Waals surface area contributed by atoms with Gasteiger partial charge in [-0.3, -0.25) is 14.5 Å². The molecule has 1 saturated carbocycles. The summed E-state index contributed by atoms with van der Waals surface area (Å²) in [5.41, 5.74) is 0.987. The molecular formula is C20H24ClNO3. The fraction of sp³-hybridized carbons (Fsp3) is 0.500. The number of ether oxygens (including phenoxy) is 1. The van der Waals surface area contributed by atoms with Crippen LogP contribution in [0.3, 0.4) is 0 Å². The zero-order valence-corrected chi connectivity index (χ0v) is 15.3. The summed E-state index contributed by atoms with van der Waals surface area (Å²) < 4.78 is 5.57. The number of rotatable bonds is 5. The first-order valence-corrected chi connectivity index (χ1v) is 9.52. The Labute approximate surface area is 153 Å². The molecule has 0 spiro atoms. The lowest BCUT2D eigenvalue weighted by Gasteiger charge is -2.25. The zero-order chi connectivity index (χ0) is 17.8. The van der Waals surface area contributed by atoms with Crippen LogP contribution >= 0.6 is 11.6 Å². The van der Waals surface area contributed by atoms with Gasteiger partial charge in [0, 0.05) is 6.04 Å². The van der Waals surface area contributed by atoms with E-state index in [4.69, 9.17) is 16.3 Å². The average molecular weight is 362 g/mol. The van der Waals surface area contributed by atoms with Gasteiger partial charge in [0.15, 0.2) is 0 Å². The molecule has 0 saturated heterocycles. The highest BCUT2D eigenvalue weighted by Gasteiger charge is 2.41. The number of amides is 2. The van der Waals surface area contributed by atoms with Crippen LogP contribution in [0, 0.1) is 0 Å². The van der Waals surface area contributed by atoms with Crippen LogP contribution in [0.5, 0.6) is 5.75 Å². The second kappa shape index (κ2) is 8.05. The van der Waals surface area contributed by atoms with Crippen molar-refractivity contribution in [3.05, 3.63) is 34.9 Å². The standard InChI is InChI=1S/C20H24ClNO3/c1-2-13-25-16-11-9-14(10-12-16)17-18(21)20(24)22(19(17)23)15-7-5-3-4-6-8-15/h9-12,15H,2-8,13H2,1H3. The van der Waals surface area contributed by atoms with Crippen LogP contribution in [0.25, 0.3) is 5.57 Å². The zero-order valence-electron chi connectivity index (χ0n) is 14.6. The molecule has 1 aliphatic heterocycles. The lowest BCUT2D eigenvalue weighted by Crippen LogP contribution is -2.40. The Balaban J connectivity index is 1.81. The van der Waals surface area contributed by atoms with Crippen molar-refractivity contribution in [3.8, 4) is 5.75 Å². The van der Waals surface area contributed by atoms with Gasteiger partial charge in [-0.2, -0.15) is 0 Å². The molecule has 1 aromatic rings. The van der Waals surface area contributed by atoms with E-state index in [2.05, 4.69) is 0 Å². The molecule has 4 nitrogen and oxygen atoms in total. The molecule has 0 atom stereocenters. The number of hydrogen-bond donors (Lipinski definition) is 0. The van der Waals surface area contributed by atoms with Gasteiger partial charge in [0.1, 0.15) is 10.8 Å². The quantitative estimate of drug-likeness (QED) is 0.572. The number of carbonyl (C=O) groups excluding carboxylic acids is 2. The maximum atomic E-state index is 12.9. The summed E-state index contributed by atoms with van der Waals surface area (Å²) in [5.74, 6) is 0.142. The van der Waals surface area contributed by atoms with E-state index in [0.29, 0.717) is 17.7 Å². The van der Waals surface area contributed by atoms with Crippen molar-refractivity contribution < 1.29 is 14.3 Å². The van der Waals surface area contributed by atoms with Gasteiger partial charge in [-0.05, 0) is 37.0 Å². The Hall–Kier alpha value is -1.81. The van der Waals surface area contributed by atoms with Gasteiger partial charge in [0.25, 0.3) is 11.8 Å². The summed E-state index contributed by atoms with van der Waals surface area (Å²) in [6.45, 7) is 2.69. The van der Waals surface area contributed by atoms with Gasteiger partial charge >= 0.3 is 0 Å². The Bertz CT molecular complexity index is 673. The predicted molar refractivity (Wildman–Crippen MR) is 98.3 cm³/mol. The van der Waals surface area contributed by atoms with Gasteiger partial charge in [0.2, 0.25) is 0 Å². The third kappa shape index (κ3) is 3.74. The third-order valence-electron chi connectivity index (χ3n) is 4.86. The first-order valence-electron chi connectivity index (χ1n) is 9.14. The Kier molecular flexibility index (Phi) is 5.79. The van der Waals surface area contributed by atoms with Crippen molar-refractivity contribution in [2.24, 2.45) is 0 Å². The van der Waals surface area contributed by atoms with E-state index in [0.717, 1.165) is 37.9 Å². The minimum absolute atomic E-state index is 0.0269. The Morgan fingerprint density at radius 2 is 1.68 bits per heavy atom. The molecule has 0 N–H and O–H groups in total. The number of imide groups is 1. The van der Waals surface area contributed by atoms with Gasteiger partial charge in [-0.15, -0.1) is 0 Å². The van der Waals surface area contributed by atoms with Crippen molar-refractivity contribution in [1.82, 2.24) is 4.90 Å². The van der Waals surface area contributed by atoms with Crippen molar-refractivity contribution in [2.45, 2.75) is 57.9 Å². The monoisotopic (exact) mass is 361 g/mol. The summed E-state index contributed by atoms with van der Waals surface area (Å²) in [7, 11) is 0. The molecule has 0 bridgehead atoms. The van der Waals surface area contributed by atoms with Crippen LogP contribution in [-0.2, 0) is 9.59 Å². The highest BCUT2D eigenvalue weighted by atomic mass is 35.5. The fourth-order valence-corrected chi connectivity index (χ4v) is 3.84.